The van der Waals surface area contributed by atoms with Crippen LogP contribution in [-0.4, -0.2) is 28.6 Å². The molecule has 0 bridgehead atoms. The van der Waals surface area contributed by atoms with E-state index in [2.05, 4.69) is 34.6 Å². The molecule has 5 fully saturated rings. The second-order valence-electron chi connectivity index (χ2n) is 14.7. The molecule has 0 unspecified atom stereocenters. The van der Waals surface area contributed by atoms with Crippen LogP contribution in [0.3, 0.4) is 0 Å². The van der Waals surface area contributed by atoms with Gasteiger partial charge in [0.2, 0.25) is 0 Å². The maximum atomic E-state index is 12.9. The number of aliphatic hydroxyl groups is 1. The molecule has 0 aliphatic heterocycles. The first kappa shape index (κ1) is 24.8. The van der Waals surface area contributed by atoms with Gasteiger partial charge in [0.25, 0.3) is 0 Å². The van der Waals surface area contributed by atoms with Gasteiger partial charge in [-0.2, -0.15) is 0 Å². The summed E-state index contributed by atoms with van der Waals surface area (Å²) < 4.78 is 0. The van der Waals surface area contributed by atoms with E-state index in [9.17, 15) is 19.8 Å². The van der Waals surface area contributed by atoms with Crippen LogP contribution in [0.15, 0.2) is 0 Å². The Hall–Kier alpha value is -0.900. The SMILES string of the molecule is C[C@@H](C(=O)O)[C@@H]1CC[C@]2(CO)CC[C@]3(C)[C@H](CC[C@@H]4[C@@]5(C)CCC(=O)C(C)(C)[C@@H]5CC[C@]43C)[C@@H]12. The molecule has 5 rings (SSSR count). The Bertz CT molecular complexity index is 879. The van der Waals surface area contributed by atoms with Crippen LogP contribution in [-0.2, 0) is 9.59 Å². The van der Waals surface area contributed by atoms with Crippen molar-refractivity contribution >= 4 is 11.8 Å². The molecule has 5 aliphatic carbocycles. The molecule has 192 valence electrons. The van der Waals surface area contributed by atoms with Gasteiger partial charge in [0.1, 0.15) is 5.78 Å². The molecule has 0 aromatic heterocycles. The lowest BCUT2D eigenvalue weighted by molar-refractivity contribution is -0.238. The number of rotatable bonds is 3. The summed E-state index contributed by atoms with van der Waals surface area (Å²) >= 11 is 0. The van der Waals surface area contributed by atoms with Crippen molar-refractivity contribution in [1.82, 2.24) is 0 Å². The minimum atomic E-state index is -0.673. The van der Waals surface area contributed by atoms with Gasteiger partial charge in [-0.1, -0.05) is 41.5 Å². The van der Waals surface area contributed by atoms with Gasteiger partial charge in [-0.3, -0.25) is 9.59 Å². The minimum absolute atomic E-state index is 0.0812. The molecule has 0 aromatic carbocycles. The Kier molecular flexibility index (Phi) is 5.51. The number of carbonyl (C=O) groups excluding carboxylic acids is 1. The average molecular weight is 473 g/mol. The summed E-state index contributed by atoms with van der Waals surface area (Å²) in [5.41, 5.74) is 0.270. The number of carboxylic acids is 1. The minimum Gasteiger partial charge on any atom is -0.481 e. The zero-order valence-corrected chi connectivity index (χ0v) is 22.5. The molecule has 0 amide bonds. The Morgan fingerprint density at radius 3 is 2.26 bits per heavy atom. The largest absolute Gasteiger partial charge is 0.481 e. The summed E-state index contributed by atoms with van der Waals surface area (Å²) in [5, 5.41) is 20.6. The molecular weight excluding hydrogens is 424 g/mol. The highest BCUT2D eigenvalue weighted by atomic mass is 16.4. The second-order valence-corrected chi connectivity index (χ2v) is 14.7. The van der Waals surface area contributed by atoms with Crippen molar-refractivity contribution in [3.63, 3.8) is 0 Å². The zero-order valence-electron chi connectivity index (χ0n) is 22.5. The topological polar surface area (TPSA) is 74.6 Å². The monoisotopic (exact) mass is 472 g/mol. The van der Waals surface area contributed by atoms with Gasteiger partial charge in [-0.05, 0) is 109 Å². The molecule has 0 aromatic rings. The predicted octanol–water partition coefficient (Wildman–Crippen LogP) is 6.35. The molecule has 2 N–H and O–H groups in total. The first-order valence-electron chi connectivity index (χ1n) is 14.2. The fraction of sp³-hybridized carbons (Fsp3) is 0.933. The maximum absolute atomic E-state index is 12.9. The molecule has 0 heterocycles. The highest BCUT2D eigenvalue weighted by Gasteiger charge is 2.71. The number of fused-ring (bicyclic) bond motifs is 7. The van der Waals surface area contributed by atoms with E-state index in [0.717, 1.165) is 51.4 Å². The highest BCUT2D eigenvalue weighted by Crippen LogP contribution is 2.77. The lowest BCUT2D eigenvalue weighted by Crippen LogP contribution is -2.66. The van der Waals surface area contributed by atoms with Crippen LogP contribution in [0.1, 0.15) is 106 Å². The van der Waals surface area contributed by atoms with E-state index in [-0.39, 0.29) is 45.5 Å². The van der Waals surface area contributed by atoms with Crippen LogP contribution in [0.2, 0.25) is 0 Å². The van der Waals surface area contributed by atoms with Crippen molar-refractivity contribution in [3.05, 3.63) is 0 Å². The van der Waals surface area contributed by atoms with E-state index in [0.29, 0.717) is 29.5 Å². The summed E-state index contributed by atoms with van der Waals surface area (Å²) in [6.45, 7) is 14.2. The number of aliphatic carboxylic acids is 1. The average Bonchev–Trinajstić information content (AvgIpc) is 3.16. The first-order chi connectivity index (χ1) is 15.8. The number of hydrogen-bond donors (Lipinski definition) is 2. The van der Waals surface area contributed by atoms with Crippen LogP contribution in [0.25, 0.3) is 0 Å². The van der Waals surface area contributed by atoms with Crippen LogP contribution >= 0.6 is 0 Å². The molecule has 5 aliphatic rings. The number of Topliss-reactive ketones (excluding diaryl/α,β-unsaturated/α-hetero) is 1. The first-order valence-corrected chi connectivity index (χ1v) is 14.2. The smallest absolute Gasteiger partial charge is 0.306 e. The van der Waals surface area contributed by atoms with Crippen molar-refractivity contribution in [3.8, 4) is 0 Å². The molecule has 10 atom stereocenters. The quantitative estimate of drug-likeness (QED) is 0.502. The molecule has 34 heavy (non-hydrogen) atoms. The summed E-state index contributed by atoms with van der Waals surface area (Å²) in [6.07, 6.45) is 10.5. The van der Waals surface area contributed by atoms with Crippen molar-refractivity contribution in [2.75, 3.05) is 6.61 Å². The van der Waals surface area contributed by atoms with Gasteiger partial charge in [0, 0.05) is 18.4 Å². The lowest BCUT2D eigenvalue weighted by Gasteiger charge is -2.72. The molecule has 0 spiro atoms. The standard InChI is InChI=1S/C30H48O4/c1-18(25(33)34)19-9-14-30(17-31)16-15-28(5)20(24(19)30)7-8-22-27(4)12-11-23(32)26(2,3)21(27)10-13-29(22,28)6/h18-22,24,31H,7-17H2,1-6H3,(H,33,34)/t18-,19+,20-,21+,22-,24-,27+,28-,29-,30-/m1/s1. The zero-order chi connectivity index (χ0) is 24.9. The molecule has 5 saturated carbocycles. The van der Waals surface area contributed by atoms with E-state index in [1.807, 2.05) is 6.92 Å². The van der Waals surface area contributed by atoms with Gasteiger partial charge in [0.05, 0.1) is 5.92 Å². The summed E-state index contributed by atoms with van der Waals surface area (Å²) in [5.74, 6) is 1.50. The van der Waals surface area contributed by atoms with Gasteiger partial charge < -0.3 is 10.2 Å². The third-order valence-corrected chi connectivity index (χ3v) is 13.7. The molecule has 0 radical (unpaired) electrons. The van der Waals surface area contributed by atoms with E-state index in [1.54, 1.807) is 0 Å². The maximum Gasteiger partial charge on any atom is 0.306 e. The van der Waals surface area contributed by atoms with Crippen LogP contribution < -0.4 is 0 Å². The van der Waals surface area contributed by atoms with Crippen molar-refractivity contribution < 1.29 is 19.8 Å². The van der Waals surface area contributed by atoms with E-state index in [4.69, 9.17) is 0 Å². The van der Waals surface area contributed by atoms with Crippen molar-refractivity contribution in [2.24, 2.45) is 62.6 Å². The van der Waals surface area contributed by atoms with Crippen LogP contribution in [0.4, 0.5) is 0 Å². The number of carbonyl (C=O) groups is 2. The van der Waals surface area contributed by atoms with Gasteiger partial charge in [-0.25, -0.2) is 0 Å². The highest BCUT2D eigenvalue weighted by molar-refractivity contribution is 5.85. The number of aliphatic hydroxyl groups excluding tert-OH is 1. The fourth-order valence-corrected chi connectivity index (χ4v) is 11.6. The second kappa shape index (κ2) is 7.56. The van der Waals surface area contributed by atoms with E-state index in [1.165, 1.54) is 12.8 Å². The number of ketones is 1. The Morgan fingerprint density at radius 2 is 1.62 bits per heavy atom. The summed E-state index contributed by atoms with van der Waals surface area (Å²) in [4.78, 5) is 25.0. The van der Waals surface area contributed by atoms with E-state index >= 15 is 0 Å². The Balaban J connectivity index is 1.55. The fourth-order valence-electron chi connectivity index (χ4n) is 11.6. The normalized spacial score (nSPS) is 52.7. The lowest BCUT2D eigenvalue weighted by atomic mass is 9.32. The van der Waals surface area contributed by atoms with Gasteiger partial charge in [0.15, 0.2) is 0 Å². The number of hydrogen-bond acceptors (Lipinski definition) is 3. The summed E-state index contributed by atoms with van der Waals surface area (Å²) in [6, 6.07) is 0. The Morgan fingerprint density at radius 1 is 0.912 bits per heavy atom. The molecule has 0 saturated heterocycles. The Labute approximate surface area is 206 Å². The number of carboxylic acid groups (broad SMARTS) is 1. The van der Waals surface area contributed by atoms with Gasteiger partial charge in [-0.15, -0.1) is 0 Å². The predicted molar refractivity (Wildman–Crippen MR) is 133 cm³/mol. The van der Waals surface area contributed by atoms with Crippen molar-refractivity contribution in [2.45, 2.75) is 106 Å². The van der Waals surface area contributed by atoms with E-state index < -0.39 is 5.97 Å². The van der Waals surface area contributed by atoms with Crippen LogP contribution in [0, 0.1) is 62.6 Å². The molecule has 4 heteroatoms. The third-order valence-electron chi connectivity index (χ3n) is 13.7. The molecule has 4 nitrogen and oxygen atoms in total. The van der Waals surface area contributed by atoms with Crippen LogP contribution in [0.5, 0.6) is 0 Å². The third kappa shape index (κ3) is 2.87. The van der Waals surface area contributed by atoms with Gasteiger partial charge >= 0.3 is 5.97 Å². The molecular formula is C30H48O4. The van der Waals surface area contributed by atoms with Crippen molar-refractivity contribution in [1.29, 1.82) is 0 Å². The summed E-state index contributed by atoms with van der Waals surface area (Å²) in [7, 11) is 0.